The molecule has 1 aromatic heterocycles. The van der Waals surface area contributed by atoms with E-state index in [0.29, 0.717) is 28.1 Å². The van der Waals surface area contributed by atoms with Gasteiger partial charge in [-0.2, -0.15) is 13.2 Å². The molecule has 0 saturated heterocycles. The number of benzene rings is 2. The molecule has 1 aliphatic rings. The van der Waals surface area contributed by atoms with Crippen LogP contribution in [0, 0.1) is 0 Å². The Morgan fingerprint density at radius 1 is 1.03 bits per heavy atom. The molecule has 172 valence electrons. The highest BCUT2D eigenvalue weighted by Crippen LogP contribution is 2.38. The van der Waals surface area contributed by atoms with Crippen LogP contribution in [0.25, 0.3) is 11.3 Å². The first-order chi connectivity index (χ1) is 15.6. The fourth-order valence-electron chi connectivity index (χ4n) is 3.62. The van der Waals surface area contributed by atoms with Crippen LogP contribution in [-0.4, -0.2) is 37.8 Å². The van der Waals surface area contributed by atoms with E-state index in [1.807, 2.05) is 0 Å². The van der Waals surface area contributed by atoms with Crippen LogP contribution < -0.4 is 9.64 Å². The maximum Gasteiger partial charge on any atom is 0.422 e. The average Bonchev–Trinajstić information content (AvgIpc) is 3.14. The first-order valence-electron chi connectivity index (χ1n) is 10.0. The van der Waals surface area contributed by atoms with Crippen LogP contribution in [0.2, 0.25) is 0 Å². The Bertz CT molecular complexity index is 1310. The lowest BCUT2D eigenvalue weighted by Gasteiger charge is -2.17. The average molecular weight is 476 g/mol. The van der Waals surface area contributed by atoms with Crippen molar-refractivity contribution < 1.29 is 31.1 Å². The molecular weight excluding hydrogens is 457 g/mol. The van der Waals surface area contributed by atoms with Gasteiger partial charge >= 0.3 is 6.18 Å². The maximum absolute atomic E-state index is 13.1. The monoisotopic (exact) mass is 476 g/mol. The van der Waals surface area contributed by atoms with Crippen molar-refractivity contribution in [3.8, 4) is 17.0 Å². The number of anilines is 1. The lowest BCUT2D eigenvalue weighted by atomic mass is 10.0. The van der Waals surface area contributed by atoms with E-state index in [2.05, 4.69) is 4.98 Å². The summed E-state index contributed by atoms with van der Waals surface area (Å²) in [6.45, 7) is 0.233. The number of fused-ring (bicyclic) bond motifs is 1. The SMILES string of the molecule is CCS(=O)(=O)c1ccc(N2Cc3c(ccnc3-c3ccccc3OCC(F)(F)F)C2=O)cc1. The Morgan fingerprint density at radius 2 is 1.73 bits per heavy atom. The summed E-state index contributed by atoms with van der Waals surface area (Å²) >= 11 is 0. The predicted molar refractivity (Wildman–Crippen MR) is 116 cm³/mol. The Kier molecular flexibility index (Phi) is 5.87. The van der Waals surface area contributed by atoms with Crippen LogP contribution in [0.3, 0.4) is 0 Å². The molecule has 2 heterocycles. The summed E-state index contributed by atoms with van der Waals surface area (Å²) in [5.74, 6) is -0.338. The summed E-state index contributed by atoms with van der Waals surface area (Å²) in [7, 11) is -3.38. The molecule has 3 aromatic rings. The number of pyridine rings is 1. The van der Waals surface area contributed by atoms with Crippen molar-refractivity contribution in [2.75, 3.05) is 17.3 Å². The van der Waals surface area contributed by atoms with Crippen molar-refractivity contribution in [1.82, 2.24) is 4.98 Å². The van der Waals surface area contributed by atoms with Crippen LogP contribution in [0.15, 0.2) is 65.7 Å². The van der Waals surface area contributed by atoms with Gasteiger partial charge in [-0.05, 0) is 42.5 Å². The van der Waals surface area contributed by atoms with Crippen molar-refractivity contribution >= 4 is 21.4 Å². The molecule has 0 saturated carbocycles. The van der Waals surface area contributed by atoms with Crippen LogP contribution in [0.4, 0.5) is 18.9 Å². The van der Waals surface area contributed by atoms with Crippen molar-refractivity contribution in [3.63, 3.8) is 0 Å². The fraction of sp³-hybridized carbons (Fsp3) is 0.217. The summed E-state index contributed by atoms with van der Waals surface area (Å²) in [4.78, 5) is 19.0. The normalized spacial score (nSPS) is 13.8. The molecule has 4 rings (SSSR count). The quantitative estimate of drug-likeness (QED) is 0.518. The molecule has 33 heavy (non-hydrogen) atoms. The number of alkyl halides is 3. The van der Waals surface area contributed by atoms with Crippen molar-refractivity contribution in [2.24, 2.45) is 0 Å². The molecule has 0 unspecified atom stereocenters. The standard InChI is InChI=1S/C23H19F3N2O4S/c1-2-33(30,31)16-9-7-15(8-10-16)28-13-19-17(22(28)29)11-12-27-21(19)18-5-3-4-6-20(18)32-14-23(24,25)26/h3-12H,2,13-14H2,1H3. The Labute approximate surface area is 188 Å². The number of hydrogen-bond acceptors (Lipinski definition) is 5. The van der Waals surface area contributed by atoms with Gasteiger partial charge in [0.05, 0.1) is 22.9 Å². The molecule has 0 fully saturated rings. The van der Waals surface area contributed by atoms with E-state index in [0.717, 1.165) is 0 Å². The van der Waals surface area contributed by atoms with Gasteiger partial charge in [0.2, 0.25) is 0 Å². The number of hydrogen-bond donors (Lipinski definition) is 0. The molecule has 10 heteroatoms. The molecule has 0 spiro atoms. The van der Waals surface area contributed by atoms with Crippen LogP contribution in [0.5, 0.6) is 5.75 Å². The van der Waals surface area contributed by atoms with Gasteiger partial charge in [-0.15, -0.1) is 0 Å². The zero-order valence-electron chi connectivity index (χ0n) is 17.5. The number of rotatable bonds is 6. The fourth-order valence-corrected chi connectivity index (χ4v) is 4.50. The van der Waals surface area contributed by atoms with Crippen LogP contribution in [0.1, 0.15) is 22.8 Å². The molecular formula is C23H19F3N2O4S. The van der Waals surface area contributed by atoms with E-state index < -0.39 is 22.6 Å². The van der Waals surface area contributed by atoms with Gasteiger partial charge in [-0.3, -0.25) is 9.78 Å². The van der Waals surface area contributed by atoms with Gasteiger partial charge in [0.1, 0.15) is 5.75 Å². The van der Waals surface area contributed by atoms with Gasteiger partial charge in [0, 0.05) is 28.6 Å². The summed E-state index contributed by atoms with van der Waals surface area (Å²) in [6, 6.07) is 13.8. The summed E-state index contributed by atoms with van der Waals surface area (Å²) < 4.78 is 67.1. The van der Waals surface area contributed by atoms with E-state index in [9.17, 15) is 26.4 Å². The molecule has 1 amide bonds. The lowest BCUT2D eigenvalue weighted by Crippen LogP contribution is -2.23. The van der Waals surface area contributed by atoms with Crippen LogP contribution in [-0.2, 0) is 16.4 Å². The molecule has 0 aliphatic carbocycles. The zero-order valence-corrected chi connectivity index (χ0v) is 18.3. The van der Waals surface area contributed by atoms with E-state index in [1.165, 1.54) is 29.3 Å². The topological polar surface area (TPSA) is 76.6 Å². The highest BCUT2D eigenvalue weighted by atomic mass is 32.2. The van der Waals surface area contributed by atoms with Crippen molar-refractivity contribution in [3.05, 3.63) is 71.9 Å². The molecule has 1 aliphatic heterocycles. The van der Waals surface area contributed by atoms with Gasteiger partial charge in [-0.1, -0.05) is 19.1 Å². The predicted octanol–water partition coefficient (Wildman–Crippen LogP) is 4.64. The highest BCUT2D eigenvalue weighted by Gasteiger charge is 2.33. The van der Waals surface area contributed by atoms with Gasteiger partial charge < -0.3 is 9.64 Å². The van der Waals surface area contributed by atoms with Gasteiger partial charge in [0.15, 0.2) is 16.4 Å². The number of halogens is 3. The maximum atomic E-state index is 13.1. The number of para-hydroxylation sites is 1. The Morgan fingerprint density at radius 3 is 2.39 bits per heavy atom. The molecule has 0 radical (unpaired) electrons. The summed E-state index contributed by atoms with van der Waals surface area (Å²) in [6.07, 6.45) is -3.07. The third-order valence-corrected chi connectivity index (χ3v) is 7.02. The lowest BCUT2D eigenvalue weighted by molar-refractivity contribution is -0.153. The minimum absolute atomic E-state index is 0.00995. The number of carbonyl (C=O) groups is 1. The second-order valence-corrected chi connectivity index (χ2v) is 9.65. The minimum atomic E-state index is -4.50. The molecule has 2 aromatic carbocycles. The molecule has 6 nitrogen and oxygen atoms in total. The first-order valence-corrected chi connectivity index (χ1v) is 11.7. The number of sulfone groups is 1. The third kappa shape index (κ3) is 4.56. The number of ether oxygens (including phenoxy) is 1. The number of nitrogens with zero attached hydrogens (tertiary/aromatic N) is 2. The second-order valence-electron chi connectivity index (χ2n) is 7.37. The van der Waals surface area contributed by atoms with E-state index >= 15 is 0 Å². The van der Waals surface area contributed by atoms with Gasteiger partial charge in [-0.25, -0.2) is 8.42 Å². The first kappa shape index (κ1) is 22.8. The van der Waals surface area contributed by atoms with Crippen molar-refractivity contribution in [2.45, 2.75) is 24.5 Å². The largest absolute Gasteiger partial charge is 0.483 e. The number of amides is 1. The van der Waals surface area contributed by atoms with E-state index in [1.54, 1.807) is 43.3 Å². The minimum Gasteiger partial charge on any atom is -0.483 e. The molecule has 0 bridgehead atoms. The van der Waals surface area contributed by atoms with Crippen LogP contribution >= 0.6 is 0 Å². The molecule has 0 N–H and O–H groups in total. The number of carbonyl (C=O) groups excluding carboxylic acids is 1. The van der Waals surface area contributed by atoms with Crippen molar-refractivity contribution in [1.29, 1.82) is 0 Å². The highest BCUT2D eigenvalue weighted by molar-refractivity contribution is 7.91. The molecule has 0 atom stereocenters. The van der Waals surface area contributed by atoms with E-state index in [-0.39, 0.29) is 28.8 Å². The zero-order chi connectivity index (χ0) is 23.8. The Balaban J connectivity index is 1.68. The Hall–Kier alpha value is -3.40. The smallest absolute Gasteiger partial charge is 0.422 e. The van der Waals surface area contributed by atoms with E-state index in [4.69, 9.17) is 4.74 Å². The third-order valence-electron chi connectivity index (χ3n) is 5.27. The van der Waals surface area contributed by atoms with Gasteiger partial charge in [0.25, 0.3) is 5.91 Å². The summed E-state index contributed by atoms with van der Waals surface area (Å²) in [5, 5.41) is 0. The second kappa shape index (κ2) is 8.51. The summed E-state index contributed by atoms with van der Waals surface area (Å²) in [5.41, 5.74) is 2.12. The number of aromatic nitrogens is 1.